The van der Waals surface area contributed by atoms with Crippen molar-refractivity contribution in [2.75, 3.05) is 0 Å². The highest BCUT2D eigenvalue weighted by Crippen LogP contribution is 2.19. The summed E-state index contributed by atoms with van der Waals surface area (Å²) < 4.78 is 0. The summed E-state index contributed by atoms with van der Waals surface area (Å²) in [5.41, 5.74) is 0.719. The minimum Gasteiger partial charge on any atom is -0.393 e. The van der Waals surface area contributed by atoms with E-state index in [9.17, 15) is 4.79 Å². The van der Waals surface area contributed by atoms with Crippen molar-refractivity contribution in [1.29, 1.82) is 5.26 Å². The van der Waals surface area contributed by atoms with Crippen molar-refractivity contribution < 1.29 is 9.90 Å². The molecule has 0 aromatic carbocycles. The molecule has 0 saturated heterocycles. The lowest BCUT2D eigenvalue weighted by atomic mass is 9.89. The molecular weight excluding hydrogens is 206 g/mol. The molecule has 2 rings (SSSR count). The van der Waals surface area contributed by atoms with Crippen LogP contribution >= 0.6 is 0 Å². The Bertz CT molecular complexity index is 430. The van der Waals surface area contributed by atoms with Crippen LogP contribution in [0.5, 0.6) is 0 Å². The Kier molecular flexibility index (Phi) is 2.84. The summed E-state index contributed by atoms with van der Waals surface area (Å²) in [5.74, 6) is -0.263. The van der Waals surface area contributed by atoms with E-state index in [1.54, 1.807) is 6.07 Å². The number of rotatable bonds is 2. The maximum atomic E-state index is 11.6. The molecule has 1 heterocycles. The van der Waals surface area contributed by atoms with E-state index in [1.165, 1.54) is 12.3 Å². The summed E-state index contributed by atoms with van der Waals surface area (Å²) in [5, 5.41) is 20.4. The summed E-state index contributed by atoms with van der Waals surface area (Å²) in [4.78, 5) is 15.5. The monoisotopic (exact) mass is 217 g/mol. The van der Waals surface area contributed by atoms with Crippen LogP contribution in [0.4, 0.5) is 0 Å². The molecule has 1 saturated carbocycles. The van der Waals surface area contributed by atoms with E-state index in [2.05, 4.69) is 10.3 Å². The highest BCUT2D eigenvalue weighted by molar-refractivity contribution is 5.92. The summed E-state index contributed by atoms with van der Waals surface area (Å²) in [6, 6.07) is 5.05. The lowest BCUT2D eigenvalue weighted by molar-refractivity contribution is 0.0560. The summed E-state index contributed by atoms with van der Waals surface area (Å²) in [6.45, 7) is 0. The minimum atomic E-state index is -0.292. The third-order valence-corrected chi connectivity index (χ3v) is 2.57. The predicted molar refractivity (Wildman–Crippen MR) is 55.4 cm³/mol. The van der Waals surface area contributed by atoms with Crippen LogP contribution in [0, 0.1) is 11.3 Å². The predicted octanol–water partition coefficient (Wildman–Crippen LogP) is 0.206. The smallest absolute Gasteiger partial charge is 0.270 e. The fraction of sp³-hybridized carbons (Fsp3) is 0.364. The van der Waals surface area contributed by atoms with E-state index in [-0.39, 0.29) is 18.1 Å². The topological polar surface area (TPSA) is 86.0 Å². The first-order valence-corrected chi connectivity index (χ1v) is 5.04. The maximum absolute atomic E-state index is 11.6. The lowest BCUT2D eigenvalue weighted by Gasteiger charge is -2.31. The molecular formula is C11H11N3O2. The summed E-state index contributed by atoms with van der Waals surface area (Å²) >= 11 is 0. The fourth-order valence-electron chi connectivity index (χ4n) is 1.56. The van der Waals surface area contributed by atoms with Crippen LogP contribution in [0.3, 0.4) is 0 Å². The van der Waals surface area contributed by atoms with Gasteiger partial charge in [-0.25, -0.2) is 4.98 Å². The molecule has 0 unspecified atom stereocenters. The van der Waals surface area contributed by atoms with E-state index in [0.29, 0.717) is 24.1 Å². The van der Waals surface area contributed by atoms with Crippen molar-refractivity contribution in [3.05, 3.63) is 29.6 Å². The number of hydrogen-bond donors (Lipinski definition) is 2. The highest BCUT2D eigenvalue weighted by atomic mass is 16.3. The van der Waals surface area contributed by atoms with Crippen molar-refractivity contribution >= 4 is 5.91 Å². The van der Waals surface area contributed by atoms with Crippen molar-refractivity contribution in [2.45, 2.75) is 25.0 Å². The van der Waals surface area contributed by atoms with Crippen LogP contribution in [0.1, 0.15) is 28.9 Å². The zero-order valence-electron chi connectivity index (χ0n) is 8.55. The number of carbonyl (C=O) groups is 1. The molecule has 0 atom stereocenters. The zero-order valence-corrected chi connectivity index (χ0v) is 8.55. The van der Waals surface area contributed by atoms with Gasteiger partial charge in [0.2, 0.25) is 0 Å². The Balaban J connectivity index is 1.96. The number of hydrogen-bond acceptors (Lipinski definition) is 4. The third kappa shape index (κ3) is 2.18. The molecule has 0 radical (unpaired) electrons. The first-order chi connectivity index (χ1) is 7.69. The van der Waals surface area contributed by atoms with Gasteiger partial charge in [-0.2, -0.15) is 5.26 Å². The molecule has 1 amide bonds. The van der Waals surface area contributed by atoms with Crippen molar-refractivity contribution in [3.63, 3.8) is 0 Å². The van der Waals surface area contributed by atoms with Gasteiger partial charge in [0.1, 0.15) is 11.8 Å². The number of aliphatic hydroxyl groups is 1. The minimum absolute atomic E-state index is 0.0416. The number of aliphatic hydroxyl groups excluding tert-OH is 1. The van der Waals surface area contributed by atoms with Gasteiger partial charge in [0.15, 0.2) is 0 Å². The molecule has 0 aliphatic heterocycles. The average Bonchev–Trinajstić information content (AvgIpc) is 2.27. The molecule has 1 aliphatic rings. The van der Waals surface area contributed by atoms with Gasteiger partial charge >= 0.3 is 0 Å². The second-order valence-corrected chi connectivity index (χ2v) is 3.84. The van der Waals surface area contributed by atoms with Crippen LogP contribution in [0.25, 0.3) is 0 Å². The maximum Gasteiger partial charge on any atom is 0.270 e. The molecule has 0 bridgehead atoms. The van der Waals surface area contributed by atoms with Crippen LogP contribution in [0.2, 0.25) is 0 Å². The van der Waals surface area contributed by atoms with Gasteiger partial charge < -0.3 is 10.4 Å². The van der Waals surface area contributed by atoms with E-state index < -0.39 is 0 Å². The molecule has 82 valence electrons. The van der Waals surface area contributed by atoms with E-state index in [4.69, 9.17) is 10.4 Å². The van der Waals surface area contributed by atoms with Gasteiger partial charge in [-0.15, -0.1) is 0 Å². The van der Waals surface area contributed by atoms with Gasteiger partial charge in [0, 0.05) is 12.2 Å². The van der Waals surface area contributed by atoms with Gasteiger partial charge in [0.25, 0.3) is 5.91 Å². The Morgan fingerprint density at radius 1 is 1.56 bits per heavy atom. The number of pyridine rings is 1. The first-order valence-electron chi connectivity index (χ1n) is 5.04. The van der Waals surface area contributed by atoms with Crippen molar-refractivity contribution in [3.8, 4) is 6.07 Å². The van der Waals surface area contributed by atoms with E-state index >= 15 is 0 Å². The Morgan fingerprint density at radius 3 is 2.81 bits per heavy atom. The molecule has 16 heavy (non-hydrogen) atoms. The molecule has 2 N–H and O–H groups in total. The lowest BCUT2D eigenvalue weighted by Crippen LogP contribution is -2.46. The largest absolute Gasteiger partial charge is 0.393 e. The fourth-order valence-corrected chi connectivity index (χ4v) is 1.56. The number of carbonyl (C=O) groups excluding carboxylic acids is 1. The second-order valence-electron chi connectivity index (χ2n) is 3.84. The van der Waals surface area contributed by atoms with E-state index in [1.807, 2.05) is 6.07 Å². The van der Waals surface area contributed by atoms with Crippen LogP contribution in [-0.4, -0.2) is 28.1 Å². The molecule has 1 aliphatic carbocycles. The Labute approximate surface area is 92.7 Å². The molecule has 5 heteroatoms. The Morgan fingerprint density at radius 2 is 2.31 bits per heavy atom. The quantitative estimate of drug-likeness (QED) is 0.741. The highest BCUT2D eigenvalue weighted by Gasteiger charge is 2.28. The molecule has 1 aromatic rings. The molecule has 0 spiro atoms. The SMILES string of the molecule is N#Cc1ccc(C(=O)NC2CC(O)C2)nc1. The van der Waals surface area contributed by atoms with E-state index in [0.717, 1.165) is 0 Å². The Hall–Kier alpha value is -1.93. The van der Waals surface area contributed by atoms with Crippen LogP contribution in [0.15, 0.2) is 18.3 Å². The molecule has 5 nitrogen and oxygen atoms in total. The van der Waals surface area contributed by atoms with Crippen LogP contribution < -0.4 is 5.32 Å². The number of nitriles is 1. The summed E-state index contributed by atoms with van der Waals surface area (Å²) in [7, 11) is 0. The normalized spacial score (nSPS) is 23.0. The first kappa shape index (κ1) is 10.6. The number of aromatic nitrogens is 1. The van der Waals surface area contributed by atoms with Crippen molar-refractivity contribution in [2.24, 2.45) is 0 Å². The molecule has 1 aromatic heterocycles. The van der Waals surface area contributed by atoms with Gasteiger partial charge in [-0.3, -0.25) is 4.79 Å². The van der Waals surface area contributed by atoms with Crippen LogP contribution in [-0.2, 0) is 0 Å². The standard InChI is InChI=1S/C11H11N3O2/c12-5-7-1-2-10(13-6-7)11(16)14-8-3-9(15)4-8/h1-2,6,8-9,15H,3-4H2,(H,14,16). The third-order valence-electron chi connectivity index (χ3n) is 2.57. The number of nitrogens with one attached hydrogen (secondary N) is 1. The zero-order chi connectivity index (χ0) is 11.5. The van der Waals surface area contributed by atoms with Crippen molar-refractivity contribution in [1.82, 2.24) is 10.3 Å². The van der Waals surface area contributed by atoms with Gasteiger partial charge in [-0.1, -0.05) is 0 Å². The number of amides is 1. The number of nitrogens with zero attached hydrogens (tertiary/aromatic N) is 2. The second kappa shape index (κ2) is 4.29. The van der Waals surface area contributed by atoms with Gasteiger partial charge in [-0.05, 0) is 25.0 Å². The summed E-state index contributed by atoms with van der Waals surface area (Å²) in [6.07, 6.45) is 2.27. The van der Waals surface area contributed by atoms with Gasteiger partial charge in [0.05, 0.1) is 11.7 Å². The molecule has 1 fully saturated rings. The average molecular weight is 217 g/mol.